The van der Waals surface area contributed by atoms with Crippen molar-refractivity contribution < 1.29 is 0 Å². The van der Waals surface area contributed by atoms with Gasteiger partial charge in [-0.3, -0.25) is 0 Å². The van der Waals surface area contributed by atoms with Crippen molar-refractivity contribution in [1.82, 2.24) is 0 Å². The number of rotatable bonds is 3. The van der Waals surface area contributed by atoms with Crippen LogP contribution in [0.25, 0.3) is 0 Å². The molecule has 1 fully saturated rings. The molecule has 0 saturated carbocycles. The first-order chi connectivity index (χ1) is 10.3. The molecule has 2 aromatic carbocycles. The predicted octanol–water partition coefficient (Wildman–Crippen LogP) is 3.48. The van der Waals surface area contributed by atoms with Crippen molar-refractivity contribution >= 4 is 22.7 Å². The second kappa shape index (κ2) is 5.76. The molecular weight excluding hydrogens is 260 g/mol. The summed E-state index contributed by atoms with van der Waals surface area (Å²) in [4.78, 5) is 2.40. The summed E-state index contributed by atoms with van der Waals surface area (Å²) in [7, 11) is 0. The van der Waals surface area contributed by atoms with Crippen molar-refractivity contribution in [3.63, 3.8) is 0 Å². The van der Waals surface area contributed by atoms with Gasteiger partial charge >= 0.3 is 0 Å². The van der Waals surface area contributed by atoms with Crippen LogP contribution >= 0.6 is 0 Å². The summed E-state index contributed by atoms with van der Waals surface area (Å²) in [5.41, 5.74) is 9.88. The van der Waals surface area contributed by atoms with Crippen LogP contribution < -0.4 is 16.0 Å². The highest BCUT2D eigenvalue weighted by Gasteiger charge is 2.11. The van der Waals surface area contributed by atoms with E-state index < -0.39 is 0 Å². The number of nitriles is 1. The van der Waals surface area contributed by atoms with Crippen molar-refractivity contribution in [2.24, 2.45) is 0 Å². The van der Waals surface area contributed by atoms with Gasteiger partial charge < -0.3 is 16.0 Å². The van der Waals surface area contributed by atoms with Crippen molar-refractivity contribution in [2.45, 2.75) is 12.8 Å². The molecule has 0 atom stereocenters. The molecule has 1 aliphatic rings. The minimum absolute atomic E-state index is 0.494. The zero-order chi connectivity index (χ0) is 14.7. The van der Waals surface area contributed by atoms with Crippen LogP contribution in [0.5, 0.6) is 0 Å². The van der Waals surface area contributed by atoms with Gasteiger partial charge in [-0.25, -0.2) is 0 Å². The molecular formula is C17H18N4. The Labute approximate surface area is 124 Å². The van der Waals surface area contributed by atoms with Crippen LogP contribution in [0.4, 0.5) is 22.7 Å². The average Bonchev–Trinajstić information content (AvgIpc) is 3.04. The Morgan fingerprint density at radius 3 is 2.33 bits per heavy atom. The minimum atomic E-state index is 0.494. The van der Waals surface area contributed by atoms with Crippen molar-refractivity contribution in [3.8, 4) is 6.07 Å². The second-order valence-corrected chi connectivity index (χ2v) is 5.28. The molecule has 0 amide bonds. The monoisotopic (exact) mass is 278 g/mol. The lowest BCUT2D eigenvalue weighted by Gasteiger charge is -2.18. The van der Waals surface area contributed by atoms with E-state index in [0.717, 1.165) is 24.5 Å². The number of anilines is 4. The molecule has 1 aliphatic heterocycles. The van der Waals surface area contributed by atoms with Gasteiger partial charge in [-0.1, -0.05) is 0 Å². The lowest BCUT2D eigenvalue weighted by molar-refractivity contribution is 0.949. The highest BCUT2D eigenvalue weighted by atomic mass is 15.1. The normalized spacial score (nSPS) is 14.0. The molecule has 2 aromatic rings. The quantitative estimate of drug-likeness (QED) is 0.844. The van der Waals surface area contributed by atoms with E-state index in [9.17, 15) is 0 Å². The lowest BCUT2D eigenvalue weighted by atomic mass is 10.1. The predicted molar refractivity (Wildman–Crippen MR) is 86.7 cm³/mol. The molecule has 106 valence electrons. The molecule has 0 bridgehead atoms. The van der Waals surface area contributed by atoms with Crippen LogP contribution in [0.1, 0.15) is 18.4 Å². The third-order valence-corrected chi connectivity index (χ3v) is 3.80. The SMILES string of the molecule is N#Cc1cc(Nc2ccc(N3CCCC3)cc2)ccc1N. The lowest BCUT2D eigenvalue weighted by Crippen LogP contribution is -2.17. The summed E-state index contributed by atoms with van der Waals surface area (Å²) in [6.45, 7) is 2.30. The molecule has 0 aliphatic carbocycles. The smallest absolute Gasteiger partial charge is 0.101 e. The Bertz CT molecular complexity index is 664. The van der Waals surface area contributed by atoms with Gasteiger partial charge in [0.25, 0.3) is 0 Å². The topological polar surface area (TPSA) is 65.1 Å². The van der Waals surface area contributed by atoms with E-state index in [4.69, 9.17) is 11.0 Å². The molecule has 4 heteroatoms. The van der Waals surface area contributed by atoms with Crippen LogP contribution in [0.15, 0.2) is 42.5 Å². The number of nitrogen functional groups attached to an aromatic ring is 1. The third-order valence-electron chi connectivity index (χ3n) is 3.80. The fraction of sp³-hybridized carbons (Fsp3) is 0.235. The zero-order valence-electron chi connectivity index (χ0n) is 11.8. The van der Waals surface area contributed by atoms with Crippen LogP contribution in [0.2, 0.25) is 0 Å². The van der Waals surface area contributed by atoms with E-state index >= 15 is 0 Å². The number of hydrogen-bond donors (Lipinski definition) is 2. The average molecular weight is 278 g/mol. The maximum absolute atomic E-state index is 9.00. The Hall–Kier alpha value is -2.67. The molecule has 3 rings (SSSR count). The van der Waals surface area contributed by atoms with E-state index in [1.165, 1.54) is 18.5 Å². The van der Waals surface area contributed by atoms with Gasteiger partial charge in [0.15, 0.2) is 0 Å². The van der Waals surface area contributed by atoms with Crippen molar-refractivity contribution in [3.05, 3.63) is 48.0 Å². The van der Waals surface area contributed by atoms with E-state index in [2.05, 4.69) is 40.6 Å². The number of nitrogens with two attached hydrogens (primary N) is 1. The standard InChI is InChI=1S/C17H18N4/c18-12-13-11-15(5-8-17(13)19)20-14-3-6-16(7-4-14)21-9-1-2-10-21/h3-8,11,20H,1-2,9-10,19H2. The van der Waals surface area contributed by atoms with Gasteiger partial charge in [0.2, 0.25) is 0 Å². The van der Waals surface area contributed by atoms with E-state index in [1.54, 1.807) is 12.1 Å². The van der Waals surface area contributed by atoms with Gasteiger partial charge in [0, 0.05) is 35.8 Å². The highest BCUT2D eigenvalue weighted by molar-refractivity contribution is 5.68. The molecule has 1 saturated heterocycles. The fourth-order valence-corrected chi connectivity index (χ4v) is 2.63. The van der Waals surface area contributed by atoms with Crippen molar-refractivity contribution in [1.29, 1.82) is 5.26 Å². The molecule has 1 heterocycles. The summed E-state index contributed by atoms with van der Waals surface area (Å²) in [5.74, 6) is 0. The molecule has 0 aromatic heterocycles. The van der Waals surface area contributed by atoms with E-state index in [-0.39, 0.29) is 0 Å². The van der Waals surface area contributed by atoms with Crippen LogP contribution in [0, 0.1) is 11.3 Å². The molecule has 4 nitrogen and oxygen atoms in total. The summed E-state index contributed by atoms with van der Waals surface area (Å²) in [5, 5.41) is 12.3. The molecule has 0 spiro atoms. The number of nitrogens with one attached hydrogen (secondary N) is 1. The first kappa shape index (κ1) is 13.3. The van der Waals surface area contributed by atoms with Gasteiger partial charge in [-0.2, -0.15) is 5.26 Å². The summed E-state index contributed by atoms with van der Waals surface area (Å²) in [6.07, 6.45) is 2.56. The minimum Gasteiger partial charge on any atom is -0.398 e. The Kier molecular flexibility index (Phi) is 3.65. The highest BCUT2D eigenvalue weighted by Crippen LogP contribution is 2.25. The number of hydrogen-bond acceptors (Lipinski definition) is 4. The summed E-state index contributed by atoms with van der Waals surface area (Å²) in [6, 6.07) is 15.9. The largest absolute Gasteiger partial charge is 0.398 e. The Morgan fingerprint density at radius 2 is 1.67 bits per heavy atom. The van der Waals surface area contributed by atoms with Gasteiger partial charge in [0.05, 0.1) is 5.56 Å². The molecule has 3 N–H and O–H groups in total. The number of benzene rings is 2. The van der Waals surface area contributed by atoms with E-state index in [1.807, 2.05) is 6.07 Å². The maximum Gasteiger partial charge on any atom is 0.101 e. The Morgan fingerprint density at radius 1 is 1.00 bits per heavy atom. The summed E-state index contributed by atoms with van der Waals surface area (Å²) >= 11 is 0. The maximum atomic E-state index is 9.00. The van der Waals surface area contributed by atoms with Crippen LogP contribution in [-0.4, -0.2) is 13.1 Å². The van der Waals surface area contributed by atoms with Gasteiger partial charge in [0.1, 0.15) is 6.07 Å². The van der Waals surface area contributed by atoms with Crippen molar-refractivity contribution in [2.75, 3.05) is 29.0 Å². The van der Waals surface area contributed by atoms with E-state index in [0.29, 0.717) is 11.3 Å². The van der Waals surface area contributed by atoms with Crippen LogP contribution in [0.3, 0.4) is 0 Å². The first-order valence-electron chi connectivity index (χ1n) is 7.18. The first-order valence-corrected chi connectivity index (χ1v) is 7.18. The van der Waals surface area contributed by atoms with Gasteiger partial charge in [-0.05, 0) is 55.3 Å². The second-order valence-electron chi connectivity index (χ2n) is 5.28. The van der Waals surface area contributed by atoms with Gasteiger partial charge in [-0.15, -0.1) is 0 Å². The third kappa shape index (κ3) is 2.92. The molecule has 21 heavy (non-hydrogen) atoms. The number of nitrogens with zero attached hydrogens (tertiary/aromatic N) is 2. The fourth-order valence-electron chi connectivity index (χ4n) is 2.63. The zero-order valence-corrected chi connectivity index (χ0v) is 11.8. The molecule has 0 radical (unpaired) electrons. The summed E-state index contributed by atoms with van der Waals surface area (Å²) < 4.78 is 0. The molecule has 0 unspecified atom stereocenters. The van der Waals surface area contributed by atoms with Crippen LogP contribution in [-0.2, 0) is 0 Å². The Balaban J connectivity index is 1.74.